The van der Waals surface area contributed by atoms with Gasteiger partial charge in [-0.25, -0.2) is 0 Å². The van der Waals surface area contributed by atoms with Crippen LogP contribution < -0.4 is 25.4 Å². The molecule has 10 nitrogen and oxygen atoms in total. The summed E-state index contributed by atoms with van der Waals surface area (Å²) >= 11 is 0. The number of carbonyl (C=O) groups excluding carboxylic acids is 3. The Hall–Kier alpha value is -2.82. The second-order valence-corrected chi connectivity index (χ2v) is 6.84. The molecule has 0 saturated carbocycles. The molecule has 0 fully saturated rings. The van der Waals surface area contributed by atoms with Crippen LogP contribution in [-0.2, 0) is 14.4 Å². The van der Waals surface area contributed by atoms with Crippen molar-refractivity contribution in [2.75, 3.05) is 32.8 Å². The van der Waals surface area contributed by atoms with E-state index in [1.165, 1.54) is 18.2 Å². The van der Waals surface area contributed by atoms with Gasteiger partial charge >= 0.3 is 35.5 Å². The summed E-state index contributed by atoms with van der Waals surface area (Å²) in [6, 6.07) is 4.75. The fraction of sp³-hybridized carbons (Fsp3) is 0.391. The van der Waals surface area contributed by atoms with Crippen molar-refractivity contribution in [1.29, 1.82) is 0 Å². The Kier molecular flexibility index (Phi) is 17.0. The van der Waals surface area contributed by atoms with E-state index in [4.69, 9.17) is 14.6 Å². The summed E-state index contributed by atoms with van der Waals surface area (Å²) in [5.74, 6) is -1.50. The fourth-order valence-corrected chi connectivity index (χ4v) is 2.55. The van der Waals surface area contributed by atoms with Crippen LogP contribution >= 0.6 is 0 Å². The molecule has 4 N–H and O–H groups in total. The molecule has 0 unspecified atom stereocenters. The first-order valence-electron chi connectivity index (χ1n) is 10.6. The normalized spacial score (nSPS) is 9.65. The van der Waals surface area contributed by atoms with Crippen LogP contribution in [0.15, 0.2) is 43.5 Å². The van der Waals surface area contributed by atoms with E-state index in [2.05, 4.69) is 29.1 Å². The first kappa shape index (κ1) is 31.2. The van der Waals surface area contributed by atoms with Crippen LogP contribution in [0.25, 0.3) is 0 Å². The number of hydrogen-bond donors (Lipinski definition) is 4. The predicted octanol–water partition coefficient (Wildman–Crippen LogP) is 0.775. The summed E-state index contributed by atoms with van der Waals surface area (Å²) in [5, 5.41) is 16.5. The Balaban J connectivity index is 0.0000109. The molecular weight excluding hydrogens is 453 g/mol. The number of ether oxygens (including phenoxy) is 2. The number of unbranched alkanes of at least 4 members (excludes halogenated alkanes) is 2. The topological polar surface area (TPSA) is 143 Å². The molecular formula is C23H32N3NaO7. The van der Waals surface area contributed by atoms with Crippen LogP contribution in [0.3, 0.4) is 0 Å². The zero-order chi connectivity index (χ0) is 24.5. The van der Waals surface area contributed by atoms with E-state index in [1.54, 1.807) is 12.1 Å². The predicted molar refractivity (Wildman–Crippen MR) is 129 cm³/mol. The molecule has 0 heterocycles. The maximum atomic E-state index is 12.5. The third-order valence-electron chi connectivity index (χ3n) is 4.23. The Labute approximate surface area is 221 Å². The van der Waals surface area contributed by atoms with Gasteiger partial charge in [0.25, 0.3) is 5.91 Å². The summed E-state index contributed by atoms with van der Waals surface area (Å²) in [6.07, 6.45) is 5.10. The number of carboxylic acid groups (broad SMARTS) is 1. The van der Waals surface area contributed by atoms with E-state index < -0.39 is 18.4 Å². The van der Waals surface area contributed by atoms with Crippen LogP contribution in [0.5, 0.6) is 11.5 Å². The van der Waals surface area contributed by atoms with E-state index in [9.17, 15) is 19.2 Å². The van der Waals surface area contributed by atoms with Gasteiger partial charge in [0.15, 0.2) is 0 Å². The van der Waals surface area contributed by atoms with Gasteiger partial charge in [-0.05, 0) is 56.0 Å². The van der Waals surface area contributed by atoms with Gasteiger partial charge in [0.1, 0.15) is 18.0 Å². The van der Waals surface area contributed by atoms with E-state index in [0.29, 0.717) is 63.5 Å². The third-order valence-corrected chi connectivity index (χ3v) is 4.23. The minimum atomic E-state index is -1.16. The first-order valence-corrected chi connectivity index (χ1v) is 10.6. The molecule has 0 saturated heterocycles. The number of aliphatic carboxylic acids is 1. The molecule has 182 valence electrons. The number of benzene rings is 1. The Morgan fingerprint density at radius 1 is 0.853 bits per heavy atom. The van der Waals surface area contributed by atoms with Crippen molar-refractivity contribution < 1.29 is 33.8 Å². The zero-order valence-corrected chi connectivity index (χ0v) is 18.6. The molecule has 0 aromatic heterocycles. The van der Waals surface area contributed by atoms with Gasteiger partial charge in [-0.15, -0.1) is 0 Å². The average Bonchev–Trinajstić information content (AvgIpc) is 2.81. The Morgan fingerprint density at radius 2 is 1.41 bits per heavy atom. The summed E-state index contributed by atoms with van der Waals surface area (Å²) in [5.41, 5.74) is 0.159. The van der Waals surface area contributed by atoms with E-state index in [-0.39, 0.29) is 46.9 Å². The molecule has 0 aliphatic heterocycles. The molecule has 1 aromatic carbocycles. The van der Waals surface area contributed by atoms with Gasteiger partial charge in [0.05, 0.1) is 18.8 Å². The fourth-order valence-electron chi connectivity index (χ4n) is 2.55. The van der Waals surface area contributed by atoms with Gasteiger partial charge < -0.3 is 30.5 Å². The number of carboxylic acids is 1. The van der Waals surface area contributed by atoms with Crippen molar-refractivity contribution in [3.63, 3.8) is 0 Å². The molecule has 0 radical (unpaired) electrons. The molecule has 11 heteroatoms. The van der Waals surface area contributed by atoms with Crippen molar-refractivity contribution in [2.24, 2.45) is 0 Å². The van der Waals surface area contributed by atoms with Gasteiger partial charge in [-0.3, -0.25) is 19.2 Å². The molecule has 0 bridgehead atoms. The van der Waals surface area contributed by atoms with Crippen molar-refractivity contribution in [2.45, 2.75) is 25.7 Å². The third kappa shape index (κ3) is 13.7. The standard InChI is InChI=1S/C23H31N3O7.Na.H/c1-3-20(27)24-11-5-7-13-32-17-9-10-19(18(15-17)23(31)26-16-22(29)30)33-14-8-6-12-25-21(28)4-2;;/h3-4,9-10,15H,1-2,5-8,11-14,16H2,(H,24,27)(H,25,28)(H,26,31)(H,29,30);;. The summed E-state index contributed by atoms with van der Waals surface area (Å²) in [7, 11) is 0. The van der Waals surface area contributed by atoms with E-state index >= 15 is 0 Å². The second-order valence-electron chi connectivity index (χ2n) is 6.84. The van der Waals surface area contributed by atoms with Gasteiger partial charge in [-0.1, -0.05) is 13.2 Å². The molecule has 0 aliphatic rings. The zero-order valence-electron chi connectivity index (χ0n) is 18.6. The number of nitrogens with one attached hydrogen (secondary N) is 3. The average molecular weight is 486 g/mol. The molecule has 1 aromatic rings. The second kappa shape index (κ2) is 18.6. The van der Waals surface area contributed by atoms with Crippen molar-refractivity contribution in [3.8, 4) is 11.5 Å². The van der Waals surface area contributed by atoms with Crippen LogP contribution in [0.1, 0.15) is 36.0 Å². The van der Waals surface area contributed by atoms with Crippen LogP contribution in [0, 0.1) is 0 Å². The summed E-state index contributed by atoms with van der Waals surface area (Å²) in [4.78, 5) is 45.4. The molecule has 1 rings (SSSR count). The number of hydrogen-bond acceptors (Lipinski definition) is 6. The molecule has 34 heavy (non-hydrogen) atoms. The Bertz CT molecular complexity index is 846. The van der Waals surface area contributed by atoms with Crippen LogP contribution in [0.2, 0.25) is 0 Å². The van der Waals surface area contributed by atoms with Gasteiger partial charge in [0, 0.05) is 13.1 Å². The monoisotopic (exact) mass is 485 g/mol. The minimum absolute atomic E-state index is 0. The van der Waals surface area contributed by atoms with Crippen molar-refractivity contribution >= 4 is 53.2 Å². The summed E-state index contributed by atoms with van der Waals surface area (Å²) < 4.78 is 11.4. The van der Waals surface area contributed by atoms with E-state index in [1.807, 2.05) is 0 Å². The molecule has 0 atom stereocenters. The van der Waals surface area contributed by atoms with Gasteiger partial charge in [-0.2, -0.15) is 0 Å². The quantitative estimate of drug-likeness (QED) is 0.145. The number of amides is 3. The number of rotatable bonds is 17. The summed E-state index contributed by atoms with van der Waals surface area (Å²) in [6.45, 7) is 7.88. The van der Waals surface area contributed by atoms with Crippen molar-refractivity contribution in [3.05, 3.63) is 49.1 Å². The van der Waals surface area contributed by atoms with Crippen molar-refractivity contribution in [1.82, 2.24) is 16.0 Å². The van der Waals surface area contributed by atoms with Crippen LogP contribution in [0.4, 0.5) is 0 Å². The Morgan fingerprint density at radius 3 is 1.94 bits per heavy atom. The maximum absolute atomic E-state index is 12.5. The first-order chi connectivity index (χ1) is 15.9. The van der Waals surface area contributed by atoms with Gasteiger partial charge in [0.2, 0.25) is 11.8 Å². The SMILES string of the molecule is C=CC(=O)NCCCCOc1ccc(OCCCCNC(=O)C=C)c(C(=O)NCC(=O)O)c1.[NaH]. The molecule has 0 spiro atoms. The van der Waals surface area contributed by atoms with Crippen LogP contribution in [-0.4, -0.2) is 91.2 Å². The molecule has 3 amide bonds. The van der Waals surface area contributed by atoms with E-state index in [0.717, 1.165) is 0 Å². The number of carbonyl (C=O) groups is 4. The molecule has 0 aliphatic carbocycles.